The second-order valence-corrected chi connectivity index (χ2v) is 4.94. The van der Waals surface area contributed by atoms with Crippen LogP contribution in [0, 0.1) is 6.92 Å². The second kappa shape index (κ2) is 5.84. The summed E-state index contributed by atoms with van der Waals surface area (Å²) >= 11 is 3.35. The van der Waals surface area contributed by atoms with Crippen LogP contribution >= 0.6 is 15.9 Å². The number of carbonyl (C=O) groups excluding carboxylic acids is 1. The van der Waals surface area contributed by atoms with E-state index in [0.29, 0.717) is 11.4 Å². The maximum absolute atomic E-state index is 12.3. The predicted octanol–water partition coefficient (Wildman–Crippen LogP) is 3.45. The number of carbonyl (C=O) groups is 1. The minimum Gasteiger partial charge on any atom is -0.387 e. The maximum atomic E-state index is 12.3. The van der Waals surface area contributed by atoms with E-state index in [1.165, 1.54) is 0 Å². The minimum absolute atomic E-state index is 0.188. The lowest BCUT2D eigenvalue weighted by Gasteiger charge is -2.11. The number of aryl methyl sites for hydroxylation is 1. The van der Waals surface area contributed by atoms with Gasteiger partial charge in [0.05, 0.1) is 10.0 Å². The monoisotopic (exact) mass is 319 g/mol. The Labute approximate surface area is 120 Å². The first-order valence-corrected chi connectivity index (χ1v) is 6.61. The average molecular weight is 320 g/mol. The summed E-state index contributed by atoms with van der Waals surface area (Å²) in [5, 5.41) is 5.80. The fourth-order valence-electron chi connectivity index (χ4n) is 1.72. The fourth-order valence-corrected chi connectivity index (χ4v) is 2.07. The van der Waals surface area contributed by atoms with Gasteiger partial charge in [-0.15, -0.1) is 0 Å². The molecule has 2 rings (SSSR count). The van der Waals surface area contributed by atoms with Crippen molar-refractivity contribution in [3.63, 3.8) is 0 Å². The molecule has 1 amide bonds. The second-order valence-electron chi connectivity index (χ2n) is 4.09. The van der Waals surface area contributed by atoms with E-state index in [-0.39, 0.29) is 5.91 Å². The van der Waals surface area contributed by atoms with Crippen molar-refractivity contribution in [1.82, 2.24) is 4.98 Å². The molecule has 0 spiro atoms. The largest absolute Gasteiger partial charge is 0.387 e. The Balaban J connectivity index is 2.30. The number of benzene rings is 1. The molecule has 0 bridgehead atoms. The van der Waals surface area contributed by atoms with E-state index in [0.717, 1.165) is 15.7 Å². The van der Waals surface area contributed by atoms with Gasteiger partial charge in [-0.3, -0.25) is 4.79 Å². The summed E-state index contributed by atoms with van der Waals surface area (Å²) in [7, 11) is 1.79. The van der Waals surface area contributed by atoms with Gasteiger partial charge in [0, 0.05) is 18.9 Å². The number of halogens is 1. The fraction of sp³-hybridized carbons (Fsp3) is 0.143. The third kappa shape index (κ3) is 3.12. The maximum Gasteiger partial charge on any atom is 0.258 e. The van der Waals surface area contributed by atoms with E-state index in [2.05, 4.69) is 31.5 Å². The molecule has 5 heteroatoms. The van der Waals surface area contributed by atoms with E-state index in [9.17, 15) is 4.79 Å². The molecule has 0 saturated heterocycles. The standard InChI is InChI=1S/C14H14BrN3O/c1-9-5-6-12(16-2)10(8-9)14(19)18-13-11(15)4-3-7-17-13/h3-8,16H,1-2H3,(H,17,18,19). The highest BCUT2D eigenvalue weighted by Gasteiger charge is 2.13. The van der Waals surface area contributed by atoms with Gasteiger partial charge < -0.3 is 10.6 Å². The Hall–Kier alpha value is -1.88. The summed E-state index contributed by atoms with van der Waals surface area (Å²) in [6, 6.07) is 9.32. The summed E-state index contributed by atoms with van der Waals surface area (Å²) in [4.78, 5) is 16.4. The summed E-state index contributed by atoms with van der Waals surface area (Å²) in [6.07, 6.45) is 1.63. The Kier molecular flexibility index (Phi) is 4.16. The van der Waals surface area contributed by atoms with Crippen molar-refractivity contribution in [2.24, 2.45) is 0 Å². The van der Waals surface area contributed by atoms with E-state index in [1.54, 1.807) is 19.3 Å². The van der Waals surface area contributed by atoms with Crippen LogP contribution < -0.4 is 10.6 Å². The van der Waals surface area contributed by atoms with Crippen LogP contribution in [0.4, 0.5) is 11.5 Å². The van der Waals surface area contributed by atoms with Crippen molar-refractivity contribution < 1.29 is 4.79 Å². The van der Waals surface area contributed by atoms with Crippen LogP contribution in [0.5, 0.6) is 0 Å². The molecule has 0 radical (unpaired) electrons. The Morgan fingerprint density at radius 3 is 2.79 bits per heavy atom. The smallest absolute Gasteiger partial charge is 0.258 e. The van der Waals surface area contributed by atoms with Crippen LogP contribution in [-0.2, 0) is 0 Å². The molecule has 0 aliphatic carbocycles. The van der Waals surface area contributed by atoms with Crippen LogP contribution in [0.25, 0.3) is 0 Å². The number of pyridine rings is 1. The van der Waals surface area contributed by atoms with Gasteiger partial charge in [-0.05, 0) is 47.1 Å². The van der Waals surface area contributed by atoms with E-state index >= 15 is 0 Å². The minimum atomic E-state index is -0.188. The van der Waals surface area contributed by atoms with Crippen molar-refractivity contribution in [3.8, 4) is 0 Å². The summed E-state index contributed by atoms with van der Waals surface area (Å²) < 4.78 is 0.752. The van der Waals surface area contributed by atoms with Crippen LogP contribution in [0.15, 0.2) is 41.0 Å². The zero-order chi connectivity index (χ0) is 13.8. The lowest BCUT2D eigenvalue weighted by Crippen LogP contribution is -2.15. The topological polar surface area (TPSA) is 54.0 Å². The molecule has 0 aliphatic rings. The summed E-state index contributed by atoms with van der Waals surface area (Å²) in [5.41, 5.74) is 2.42. The summed E-state index contributed by atoms with van der Waals surface area (Å²) in [5.74, 6) is 0.323. The highest BCUT2D eigenvalue weighted by molar-refractivity contribution is 9.10. The third-order valence-corrected chi connectivity index (χ3v) is 3.32. The van der Waals surface area contributed by atoms with Gasteiger partial charge >= 0.3 is 0 Å². The molecular weight excluding hydrogens is 306 g/mol. The number of nitrogens with one attached hydrogen (secondary N) is 2. The van der Waals surface area contributed by atoms with Gasteiger partial charge in [0.25, 0.3) is 5.91 Å². The third-order valence-electron chi connectivity index (χ3n) is 2.68. The molecule has 0 atom stereocenters. The molecular formula is C14H14BrN3O. The molecule has 0 saturated carbocycles. The number of rotatable bonds is 3. The summed E-state index contributed by atoms with van der Waals surface area (Å²) in [6.45, 7) is 1.95. The predicted molar refractivity (Wildman–Crippen MR) is 80.6 cm³/mol. The first-order valence-electron chi connectivity index (χ1n) is 5.82. The van der Waals surface area contributed by atoms with E-state index < -0.39 is 0 Å². The molecule has 1 aromatic carbocycles. The van der Waals surface area contributed by atoms with Crippen molar-refractivity contribution in [1.29, 1.82) is 0 Å². The molecule has 0 aliphatic heterocycles. The Bertz CT molecular complexity index is 613. The van der Waals surface area contributed by atoms with E-state index in [4.69, 9.17) is 0 Å². The zero-order valence-electron chi connectivity index (χ0n) is 10.7. The number of aromatic nitrogens is 1. The van der Waals surface area contributed by atoms with Crippen LogP contribution in [0.2, 0.25) is 0 Å². The zero-order valence-corrected chi connectivity index (χ0v) is 12.3. The highest BCUT2D eigenvalue weighted by Crippen LogP contribution is 2.22. The number of hydrogen-bond acceptors (Lipinski definition) is 3. The lowest BCUT2D eigenvalue weighted by molar-refractivity contribution is 0.102. The van der Waals surface area contributed by atoms with Gasteiger partial charge in [0.15, 0.2) is 0 Å². The number of anilines is 2. The molecule has 0 unspecified atom stereocenters. The number of amides is 1. The molecule has 19 heavy (non-hydrogen) atoms. The number of hydrogen-bond donors (Lipinski definition) is 2. The van der Waals surface area contributed by atoms with Gasteiger partial charge in [-0.25, -0.2) is 4.98 Å². The quantitative estimate of drug-likeness (QED) is 0.911. The normalized spacial score (nSPS) is 10.1. The highest BCUT2D eigenvalue weighted by atomic mass is 79.9. The van der Waals surface area contributed by atoms with Crippen LogP contribution in [-0.4, -0.2) is 17.9 Å². The Morgan fingerprint density at radius 2 is 2.11 bits per heavy atom. The number of nitrogens with zero attached hydrogens (tertiary/aromatic N) is 1. The van der Waals surface area contributed by atoms with Crippen LogP contribution in [0.3, 0.4) is 0 Å². The van der Waals surface area contributed by atoms with Gasteiger partial charge in [0.2, 0.25) is 0 Å². The van der Waals surface area contributed by atoms with Crippen molar-refractivity contribution >= 4 is 33.3 Å². The molecule has 1 heterocycles. The van der Waals surface area contributed by atoms with Gasteiger partial charge in [0.1, 0.15) is 5.82 Å². The SMILES string of the molecule is CNc1ccc(C)cc1C(=O)Nc1ncccc1Br. The first kappa shape index (κ1) is 13.5. The molecule has 2 N–H and O–H groups in total. The molecule has 98 valence electrons. The molecule has 1 aromatic heterocycles. The van der Waals surface area contributed by atoms with Crippen molar-refractivity contribution in [2.45, 2.75) is 6.92 Å². The van der Waals surface area contributed by atoms with Crippen LogP contribution in [0.1, 0.15) is 15.9 Å². The van der Waals surface area contributed by atoms with E-state index in [1.807, 2.05) is 31.2 Å². The Morgan fingerprint density at radius 1 is 1.32 bits per heavy atom. The molecule has 0 fully saturated rings. The van der Waals surface area contributed by atoms with Gasteiger partial charge in [-0.2, -0.15) is 0 Å². The molecule has 2 aromatic rings. The van der Waals surface area contributed by atoms with Gasteiger partial charge in [-0.1, -0.05) is 11.6 Å². The lowest BCUT2D eigenvalue weighted by atomic mass is 10.1. The van der Waals surface area contributed by atoms with Crippen molar-refractivity contribution in [3.05, 3.63) is 52.1 Å². The van der Waals surface area contributed by atoms with Crippen molar-refractivity contribution in [2.75, 3.05) is 17.7 Å². The average Bonchev–Trinajstić information content (AvgIpc) is 2.41. The first-order chi connectivity index (χ1) is 9.11. The molecule has 4 nitrogen and oxygen atoms in total.